The third kappa shape index (κ3) is 3.96. The molecule has 0 unspecified atom stereocenters. The van der Waals surface area contributed by atoms with Crippen molar-refractivity contribution < 1.29 is 27.0 Å². The Morgan fingerprint density at radius 1 is 1.17 bits per heavy atom. The van der Waals surface area contributed by atoms with E-state index in [9.17, 15) is 22.3 Å². The molecule has 0 spiro atoms. The Morgan fingerprint density at radius 2 is 1.91 bits per heavy atom. The van der Waals surface area contributed by atoms with Crippen LogP contribution in [-0.2, 0) is 16.6 Å². The standard InChI is InChI=1S/C15H15F2NO4S/c1-2-22-14-5-4-12(7-10(14)9-19)18-23(20,21)15-6-3-11(16)8-13(15)17/h3-8,18-19H,2,9H2,1H3. The van der Waals surface area contributed by atoms with Crippen molar-refractivity contribution >= 4 is 15.7 Å². The molecule has 2 aromatic carbocycles. The molecule has 8 heteroatoms. The predicted molar refractivity (Wildman–Crippen MR) is 80.7 cm³/mol. The number of sulfonamides is 1. The fourth-order valence-corrected chi connectivity index (χ4v) is 3.08. The zero-order valence-electron chi connectivity index (χ0n) is 12.2. The van der Waals surface area contributed by atoms with Crippen LogP contribution in [0.5, 0.6) is 5.75 Å². The summed E-state index contributed by atoms with van der Waals surface area (Å²) < 4.78 is 58.3. The molecule has 2 rings (SSSR count). The Kier molecular flexibility index (Phi) is 5.17. The van der Waals surface area contributed by atoms with Crippen LogP contribution in [0.25, 0.3) is 0 Å². The summed E-state index contributed by atoms with van der Waals surface area (Å²) in [6.07, 6.45) is 0. The van der Waals surface area contributed by atoms with Gasteiger partial charge in [-0.1, -0.05) is 0 Å². The van der Waals surface area contributed by atoms with Gasteiger partial charge in [-0.25, -0.2) is 17.2 Å². The minimum absolute atomic E-state index is 0.126. The Hall–Kier alpha value is -2.19. The number of halogens is 2. The van der Waals surface area contributed by atoms with E-state index in [2.05, 4.69) is 4.72 Å². The number of ether oxygens (including phenoxy) is 1. The van der Waals surface area contributed by atoms with Gasteiger partial charge in [-0.2, -0.15) is 0 Å². The molecule has 0 aliphatic rings. The topological polar surface area (TPSA) is 75.6 Å². The third-order valence-corrected chi connectivity index (χ3v) is 4.38. The number of rotatable bonds is 6. The van der Waals surface area contributed by atoms with Crippen molar-refractivity contribution in [2.24, 2.45) is 0 Å². The van der Waals surface area contributed by atoms with Gasteiger partial charge in [-0.3, -0.25) is 4.72 Å². The second-order valence-electron chi connectivity index (χ2n) is 4.59. The molecule has 0 atom stereocenters. The van der Waals surface area contributed by atoms with Gasteiger partial charge in [0.15, 0.2) is 0 Å². The molecule has 0 bridgehead atoms. The molecule has 0 fully saturated rings. The molecule has 0 saturated heterocycles. The largest absolute Gasteiger partial charge is 0.494 e. The minimum atomic E-state index is -4.22. The molecule has 0 aliphatic carbocycles. The molecule has 0 heterocycles. The second kappa shape index (κ2) is 6.93. The Morgan fingerprint density at radius 3 is 2.52 bits per heavy atom. The van der Waals surface area contributed by atoms with Gasteiger partial charge in [0, 0.05) is 17.3 Å². The van der Waals surface area contributed by atoms with E-state index in [1.165, 1.54) is 18.2 Å². The summed E-state index contributed by atoms with van der Waals surface area (Å²) in [7, 11) is -4.22. The van der Waals surface area contributed by atoms with Crippen LogP contribution in [0.4, 0.5) is 14.5 Å². The van der Waals surface area contributed by atoms with Crippen molar-refractivity contribution in [3.63, 3.8) is 0 Å². The van der Waals surface area contributed by atoms with Gasteiger partial charge in [0.05, 0.1) is 13.2 Å². The van der Waals surface area contributed by atoms with Gasteiger partial charge >= 0.3 is 0 Å². The van der Waals surface area contributed by atoms with E-state index >= 15 is 0 Å². The SMILES string of the molecule is CCOc1ccc(NS(=O)(=O)c2ccc(F)cc2F)cc1CO. The summed E-state index contributed by atoms with van der Waals surface area (Å²) in [5, 5.41) is 9.30. The molecule has 0 aromatic heterocycles. The normalized spacial score (nSPS) is 11.3. The van der Waals surface area contributed by atoms with Gasteiger partial charge in [0.1, 0.15) is 22.3 Å². The molecule has 0 amide bonds. The third-order valence-electron chi connectivity index (χ3n) is 2.97. The molecular weight excluding hydrogens is 328 g/mol. The first kappa shape index (κ1) is 17.2. The second-order valence-corrected chi connectivity index (χ2v) is 6.24. The predicted octanol–water partition coefficient (Wildman–Crippen LogP) is 2.66. The fraction of sp³-hybridized carbons (Fsp3) is 0.200. The first-order chi connectivity index (χ1) is 10.9. The number of benzene rings is 2. The summed E-state index contributed by atoms with van der Waals surface area (Å²) in [5.74, 6) is -1.64. The smallest absolute Gasteiger partial charge is 0.264 e. The Labute approximate surface area is 132 Å². The molecule has 2 aromatic rings. The monoisotopic (exact) mass is 343 g/mol. The minimum Gasteiger partial charge on any atom is -0.494 e. The lowest BCUT2D eigenvalue weighted by atomic mass is 10.2. The van der Waals surface area contributed by atoms with Gasteiger partial charge < -0.3 is 9.84 Å². The highest BCUT2D eigenvalue weighted by Crippen LogP contribution is 2.25. The summed E-state index contributed by atoms with van der Waals surface area (Å²) in [4.78, 5) is -0.668. The summed E-state index contributed by atoms with van der Waals surface area (Å²) >= 11 is 0. The number of anilines is 1. The molecule has 0 radical (unpaired) electrons. The van der Waals surface area contributed by atoms with Gasteiger partial charge in [-0.05, 0) is 37.3 Å². The van der Waals surface area contributed by atoms with E-state index in [0.29, 0.717) is 24.0 Å². The number of hydrogen-bond donors (Lipinski definition) is 2. The van der Waals surface area contributed by atoms with Crippen molar-refractivity contribution in [3.8, 4) is 5.75 Å². The maximum Gasteiger partial charge on any atom is 0.264 e. The quantitative estimate of drug-likeness (QED) is 0.845. The molecule has 0 saturated carbocycles. The van der Waals surface area contributed by atoms with Crippen molar-refractivity contribution in [2.75, 3.05) is 11.3 Å². The Balaban J connectivity index is 2.33. The van der Waals surface area contributed by atoms with E-state index in [0.717, 1.165) is 12.1 Å². The van der Waals surface area contributed by atoms with Crippen LogP contribution in [0.15, 0.2) is 41.3 Å². The molecule has 0 aliphatic heterocycles. The first-order valence-electron chi connectivity index (χ1n) is 6.72. The lowest BCUT2D eigenvalue weighted by Crippen LogP contribution is -2.15. The van der Waals surface area contributed by atoms with E-state index in [4.69, 9.17) is 4.74 Å². The average Bonchev–Trinajstić information content (AvgIpc) is 2.48. The highest BCUT2D eigenvalue weighted by Gasteiger charge is 2.20. The van der Waals surface area contributed by atoms with Gasteiger partial charge in [-0.15, -0.1) is 0 Å². The van der Waals surface area contributed by atoms with E-state index in [-0.39, 0.29) is 12.3 Å². The van der Waals surface area contributed by atoms with Gasteiger partial charge in [0.25, 0.3) is 10.0 Å². The summed E-state index contributed by atoms with van der Waals surface area (Å²) in [6, 6.07) is 6.48. The Bertz CT molecular complexity index is 809. The number of hydrogen-bond acceptors (Lipinski definition) is 4. The number of nitrogens with one attached hydrogen (secondary N) is 1. The average molecular weight is 343 g/mol. The highest BCUT2D eigenvalue weighted by atomic mass is 32.2. The van der Waals surface area contributed by atoms with Gasteiger partial charge in [0.2, 0.25) is 0 Å². The highest BCUT2D eigenvalue weighted by molar-refractivity contribution is 7.92. The van der Waals surface area contributed by atoms with E-state index in [1.807, 2.05) is 0 Å². The van der Waals surface area contributed by atoms with Crippen LogP contribution < -0.4 is 9.46 Å². The molecule has 5 nitrogen and oxygen atoms in total. The van der Waals surface area contributed by atoms with Crippen LogP contribution in [0, 0.1) is 11.6 Å². The van der Waals surface area contributed by atoms with Crippen LogP contribution in [0.2, 0.25) is 0 Å². The van der Waals surface area contributed by atoms with Crippen LogP contribution in [0.3, 0.4) is 0 Å². The van der Waals surface area contributed by atoms with Crippen LogP contribution in [-0.4, -0.2) is 20.1 Å². The van der Waals surface area contributed by atoms with Crippen LogP contribution >= 0.6 is 0 Å². The molecule has 23 heavy (non-hydrogen) atoms. The van der Waals surface area contributed by atoms with Crippen molar-refractivity contribution in [1.29, 1.82) is 0 Å². The first-order valence-corrected chi connectivity index (χ1v) is 8.20. The summed E-state index contributed by atoms with van der Waals surface area (Å²) in [6.45, 7) is 1.81. The van der Waals surface area contributed by atoms with Crippen molar-refractivity contribution in [1.82, 2.24) is 0 Å². The lowest BCUT2D eigenvalue weighted by Gasteiger charge is -2.13. The van der Waals surface area contributed by atoms with E-state index in [1.54, 1.807) is 6.92 Å². The summed E-state index contributed by atoms with van der Waals surface area (Å²) in [5.41, 5.74) is 0.507. The zero-order chi connectivity index (χ0) is 17.0. The van der Waals surface area contributed by atoms with Crippen LogP contribution in [0.1, 0.15) is 12.5 Å². The lowest BCUT2D eigenvalue weighted by molar-refractivity contribution is 0.267. The fourth-order valence-electron chi connectivity index (χ4n) is 1.97. The zero-order valence-corrected chi connectivity index (χ0v) is 13.0. The number of aliphatic hydroxyl groups is 1. The maximum atomic E-state index is 13.6. The van der Waals surface area contributed by atoms with Crippen molar-refractivity contribution in [3.05, 3.63) is 53.6 Å². The number of aliphatic hydroxyl groups excluding tert-OH is 1. The molecular formula is C15H15F2NO4S. The van der Waals surface area contributed by atoms with Crippen molar-refractivity contribution in [2.45, 2.75) is 18.4 Å². The maximum absolute atomic E-state index is 13.6. The van der Waals surface area contributed by atoms with E-state index < -0.39 is 26.6 Å². The molecule has 124 valence electrons. The molecule has 2 N–H and O–H groups in total.